The van der Waals surface area contributed by atoms with Crippen LogP contribution in [0.3, 0.4) is 0 Å². The fourth-order valence-electron chi connectivity index (χ4n) is 11.4. The van der Waals surface area contributed by atoms with Crippen molar-refractivity contribution in [2.75, 3.05) is 13.2 Å². The van der Waals surface area contributed by atoms with E-state index >= 15 is 0 Å². The van der Waals surface area contributed by atoms with Crippen LogP contribution in [0.5, 0.6) is 0 Å². The lowest BCUT2D eigenvalue weighted by Crippen LogP contribution is -2.54. The first kappa shape index (κ1) is 39.0. The molecule has 0 heterocycles. The molecule has 0 radical (unpaired) electrons. The fraction of sp³-hybridized carbons (Fsp3) is 0.644. The average Bonchev–Trinajstić information content (AvgIpc) is 3.10. The van der Waals surface area contributed by atoms with E-state index in [1.807, 2.05) is 19.1 Å². The minimum absolute atomic E-state index is 0.00725. The van der Waals surface area contributed by atoms with Gasteiger partial charge in [0.2, 0.25) is 0 Å². The van der Waals surface area contributed by atoms with Gasteiger partial charge in [-0.05, 0) is 146 Å². The molecule has 6 rings (SSSR count). The quantitative estimate of drug-likeness (QED) is 0.105. The molecule has 1 N–H and O–H groups in total. The van der Waals surface area contributed by atoms with Crippen molar-refractivity contribution in [2.24, 2.45) is 17.3 Å². The third-order valence-electron chi connectivity index (χ3n) is 14.2. The molecule has 4 aliphatic rings. The number of esters is 2. The minimum Gasteiger partial charge on any atom is -0.481 e. The van der Waals surface area contributed by atoms with Gasteiger partial charge in [0.15, 0.2) is 0 Å². The van der Waals surface area contributed by atoms with E-state index in [9.17, 15) is 24.3 Å². The van der Waals surface area contributed by atoms with E-state index in [1.165, 1.54) is 11.1 Å². The van der Waals surface area contributed by atoms with E-state index in [-0.39, 0.29) is 53.7 Å². The lowest BCUT2D eigenvalue weighted by molar-refractivity contribution is -0.159. The van der Waals surface area contributed by atoms with E-state index in [0.29, 0.717) is 30.4 Å². The van der Waals surface area contributed by atoms with Crippen molar-refractivity contribution in [1.82, 2.24) is 0 Å². The Morgan fingerprint density at radius 2 is 1.21 bits per heavy atom. The highest BCUT2D eigenvalue weighted by Crippen LogP contribution is 2.58. The zero-order valence-electron chi connectivity index (χ0n) is 33.2. The topological polar surface area (TPSA) is 116 Å². The third kappa shape index (κ3) is 6.71. The van der Waals surface area contributed by atoms with E-state index in [1.54, 1.807) is 0 Å². The van der Waals surface area contributed by atoms with Gasteiger partial charge in [-0.2, -0.15) is 0 Å². The van der Waals surface area contributed by atoms with E-state index in [4.69, 9.17) is 14.2 Å². The van der Waals surface area contributed by atoms with Gasteiger partial charge in [-0.3, -0.25) is 9.59 Å². The standard InChI is InChI=1S/C45H60O8/c1-27(2)31-22-29-12-14-37-42(5,16-9-18-44(37,7)41(49)50)35(29)24-33(31)39(47)51-20-11-21-52-40(48)34-25-36-30(23-32(34)28(3)4)13-15-38-43(36,6)17-10-19-45(38,8)53-26-46/h22-28,37-38H,9-21H2,1-8H3,(H,49,50). The van der Waals surface area contributed by atoms with Crippen molar-refractivity contribution < 1.29 is 38.5 Å². The van der Waals surface area contributed by atoms with E-state index in [2.05, 4.69) is 60.6 Å². The fourth-order valence-corrected chi connectivity index (χ4v) is 11.4. The number of carboxylic acid groups (broad SMARTS) is 1. The first-order valence-corrected chi connectivity index (χ1v) is 20.0. The SMILES string of the molecule is CC(C)c1cc2c(cc1C(=O)OCCCOC(=O)c1cc3c(cc1C(C)C)CCC1C(C)(C(=O)O)CCCC31C)C1(C)CCCC(C)(OC=O)C1CC2. The van der Waals surface area contributed by atoms with Crippen LogP contribution in [0.1, 0.15) is 179 Å². The van der Waals surface area contributed by atoms with Gasteiger partial charge in [0, 0.05) is 12.3 Å². The van der Waals surface area contributed by atoms with Crippen LogP contribution in [0.25, 0.3) is 0 Å². The number of carbonyl (C=O) groups is 4. The summed E-state index contributed by atoms with van der Waals surface area (Å²) >= 11 is 0. The Bertz CT molecular complexity index is 1780. The summed E-state index contributed by atoms with van der Waals surface area (Å²) in [7, 11) is 0. The molecule has 288 valence electrons. The van der Waals surface area contributed by atoms with E-state index in [0.717, 1.165) is 80.0 Å². The molecule has 0 aromatic heterocycles. The number of ether oxygens (including phenoxy) is 3. The summed E-state index contributed by atoms with van der Waals surface area (Å²) < 4.78 is 17.4. The molecule has 2 aromatic carbocycles. The molecule has 0 spiro atoms. The maximum atomic E-state index is 13.7. The Balaban J connectivity index is 1.15. The van der Waals surface area contributed by atoms with Gasteiger partial charge in [0.25, 0.3) is 6.47 Å². The van der Waals surface area contributed by atoms with Crippen LogP contribution in [0.4, 0.5) is 0 Å². The lowest BCUT2D eigenvalue weighted by Gasteiger charge is -2.54. The summed E-state index contributed by atoms with van der Waals surface area (Å²) in [6.45, 7) is 17.5. The maximum absolute atomic E-state index is 13.7. The molecule has 0 saturated heterocycles. The zero-order valence-corrected chi connectivity index (χ0v) is 33.2. The highest BCUT2D eigenvalue weighted by molar-refractivity contribution is 5.93. The summed E-state index contributed by atoms with van der Waals surface area (Å²) in [4.78, 5) is 51.4. The monoisotopic (exact) mass is 728 g/mol. The van der Waals surface area contributed by atoms with Crippen molar-refractivity contribution in [3.63, 3.8) is 0 Å². The second-order valence-electron chi connectivity index (χ2n) is 18.1. The summed E-state index contributed by atoms with van der Waals surface area (Å²) in [6, 6.07) is 8.39. The normalized spacial score (nSPS) is 30.4. The van der Waals surface area contributed by atoms with Crippen molar-refractivity contribution in [3.8, 4) is 0 Å². The van der Waals surface area contributed by atoms with Crippen molar-refractivity contribution in [1.29, 1.82) is 0 Å². The van der Waals surface area contributed by atoms with Gasteiger partial charge in [-0.25, -0.2) is 9.59 Å². The van der Waals surface area contributed by atoms with Gasteiger partial charge < -0.3 is 19.3 Å². The summed E-state index contributed by atoms with van der Waals surface area (Å²) in [5.41, 5.74) is 5.87. The number of hydrogen-bond acceptors (Lipinski definition) is 7. The van der Waals surface area contributed by atoms with Crippen LogP contribution in [0.2, 0.25) is 0 Å². The number of fused-ring (bicyclic) bond motifs is 6. The molecular weight excluding hydrogens is 668 g/mol. The van der Waals surface area contributed by atoms with Crippen LogP contribution in [0.15, 0.2) is 24.3 Å². The Morgan fingerprint density at radius 3 is 1.68 bits per heavy atom. The number of hydrogen-bond donors (Lipinski definition) is 1. The van der Waals surface area contributed by atoms with Gasteiger partial charge in [0.1, 0.15) is 5.60 Å². The third-order valence-corrected chi connectivity index (χ3v) is 14.2. The average molecular weight is 729 g/mol. The highest BCUT2D eigenvalue weighted by Gasteiger charge is 2.56. The second kappa shape index (κ2) is 14.5. The van der Waals surface area contributed by atoms with Crippen LogP contribution in [-0.2, 0) is 47.5 Å². The number of carboxylic acids is 1. The Morgan fingerprint density at radius 1 is 0.736 bits per heavy atom. The molecule has 6 atom stereocenters. The largest absolute Gasteiger partial charge is 0.481 e. The van der Waals surface area contributed by atoms with Gasteiger partial charge >= 0.3 is 17.9 Å². The molecular formula is C45H60O8. The van der Waals surface area contributed by atoms with E-state index < -0.39 is 23.0 Å². The summed E-state index contributed by atoms with van der Waals surface area (Å²) in [5.74, 6) is -1.13. The predicted octanol–water partition coefficient (Wildman–Crippen LogP) is 9.37. The zero-order chi connectivity index (χ0) is 38.5. The first-order valence-electron chi connectivity index (χ1n) is 20.0. The van der Waals surface area contributed by atoms with Crippen molar-refractivity contribution in [3.05, 3.63) is 68.8 Å². The molecule has 53 heavy (non-hydrogen) atoms. The molecule has 8 nitrogen and oxygen atoms in total. The Labute approximate surface area is 315 Å². The van der Waals surface area contributed by atoms with Crippen molar-refractivity contribution in [2.45, 2.75) is 154 Å². The maximum Gasteiger partial charge on any atom is 0.338 e. The molecule has 2 saturated carbocycles. The minimum atomic E-state index is -0.793. The first-order chi connectivity index (χ1) is 25.0. The number of aliphatic carboxylic acids is 1. The van der Waals surface area contributed by atoms with Crippen LogP contribution in [0, 0.1) is 17.3 Å². The lowest BCUT2D eigenvalue weighted by atomic mass is 9.49. The predicted molar refractivity (Wildman–Crippen MR) is 204 cm³/mol. The Kier molecular flexibility index (Phi) is 10.7. The smallest absolute Gasteiger partial charge is 0.338 e. The number of carbonyl (C=O) groups excluding carboxylic acids is 3. The van der Waals surface area contributed by atoms with Crippen LogP contribution in [-0.4, -0.2) is 48.3 Å². The highest BCUT2D eigenvalue weighted by atomic mass is 16.5. The second-order valence-corrected chi connectivity index (χ2v) is 18.1. The molecule has 4 aliphatic carbocycles. The van der Waals surface area contributed by atoms with Gasteiger partial charge in [-0.15, -0.1) is 0 Å². The molecule has 0 bridgehead atoms. The molecule has 0 aliphatic heterocycles. The molecule has 2 fully saturated rings. The molecule has 2 aromatic rings. The molecule has 6 unspecified atom stereocenters. The molecule has 8 heteroatoms. The molecule has 0 amide bonds. The number of rotatable bonds is 11. The number of aryl methyl sites for hydroxylation is 2. The number of benzene rings is 2. The summed E-state index contributed by atoms with van der Waals surface area (Å²) in [6.07, 6.45) is 8.93. The van der Waals surface area contributed by atoms with Crippen LogP contribution < -0.4 is 0 Å². The van der Waals surface area contributed by atoms with Crippen molar-refractivity contribution >= 4 is 24.4 Å². The Hall–Kier alpha value is -3.68. The summed E-state index contributed by atoms with van der Waals surface area (Å²) in [5, 5.41) is 10.2. The van der Waals surface area contributed by atoms with Crippen LogP contribution >= 0.6 is 0 Å². The van der Waals surface area contributed by atoms with Gasteiger partial charge in [0.05, 0.1) is 29.8 Å². The van der Waals surface area contributed by atoms with Gasteiger partial charge in [-0.1, -0.05) is 60.1 Å².